The second-order valence-corrected chi connectivity index (χ2v) is 8.88. The molecule has 0 bridgehead atoms. The normalized spacial score (nSPS) is 13.2. The highest BCUT2D eigenvalue weighted by atomic mass is 19.3. The number of carbonyl (C=O) groups is 6. The summed E-state index contributed by atoms with van der Waals surface area (Å²) in [5.41, 5.74) is -3.11. The molecule has 0 unspecified atom stereocenters. The van der Waals surface area contributed by atoms with Gasteiger partial charge in [0.2, 0.25) is 11.6 Å². The van der Waals surface area contributed by atoms with Gasteiger partial charge in [-0.25, -0.2) is 27.2 Å². The molecule has 0 aliphatic heterocycles. The van der Waals surface area contributed by atoms with Crippen molar-refractivity contribution in [2.24, 2.45) is 0 Å². The second-order valence-electron chi connectivity index (χ2n) is 8.88. The molecule has 4 aromatic heterocycles. The molecule has 44 heavy (non-hydrogen) atoms. The van der Waals surface area contributed by atoms with Gasteiger partial charge >= 0.3 is 11.9 Å². The SMILES string of the molecule is CCOC(=O)c1c(C(F)F)oc2c1C(=O)c1cnccc1C2=O.O=C1c2ccncc2C(=O)c2c1oc(C(F)F)c2C(=O)O. The van der Waals surface area contributed by atoms with Crippen molar-refractivity contribution in [2.45, 2.75) is 19.8 Å². The number of carbonyl (C=O) groups excluding carboxylic acids is 5. The Balaban J connectivity index is 0.000000175. The summed E-state index contributed by atoms with van der Waals surface area (Å²) in [6.45, 7) is 1.40. The molecule has 0 fully saturated rings. The zero-order valence-electron chi connectivity index (χ0n) is 21.9. The first-order valence-corrected chi connectivity index (χ1v) is 12.3. The van der Waals surface area contributed by atoms with Gasteiger partial charge in [-0.1, -0.05) is 0 Å². The second kappa shape index (κ2) is 11.1. The predicted octanol–water partition coefficient (Wildman–Crippen LogP) is 4.65. The van der Waals surface area contributed by atoms with Crippen LogP contribution in [0.2, 0.25) is 0 Å². The molecular weight excluding hydrogens is 600 g/mol. The summed E-state index contributed by atoms with van der Waals surface area (Å²) < 4.78 is 66.3. The lowest BCUT2D eigenvalue weighted by atomic mass is 9.87. The van der Waals surface area contributed by atoms with E-state index in [0.29, 0.717) is 0 Å². The van der Waals surface area contributed by atoms with Gasteiger partial charge in [0.05, 0.1) is 28.9 Å². The highest BCUT2D eigenvalue weighted by molar-refractivity contribution is 6.30. The molecule has 16 heteroatoms. The number of rotatable bonds is 5. The number of esters is 1. The van der Waals surface area contributed by atoms with E-state index in [9.17, 15) is 46.3 Å². The Morgan fingerprint density at radius 1 is 0.750 bits per heavy atom. The van der Waals surface area contributed by atoms with E-state index in [0.717, 1.165) is 12.4 Å². The van der Waals surface area contributed by atoms with E-state index in [4.69, 9.17) is 14.3 Å². The van der Waals surface area contributed by atoms with E-state index in [1.165, 1.54) is 31.5 Å². The van der Waals surface area contributed by atoms with Crippen molar-refractivity contribution in [2.75, 3.05) is 6.61 Å². The molecule has 0 aromatic carbocycles. The first kappa shape index (κ1) is 29.7. The number of alkyl halides is 4. The maximum atomic E-state index is 13.2. The lowest BCUT2D eigenvalue weighted by Gasteiger charge is -2.12. The number of aromatic carboxylic acids is 1. The Kier molecular flexibility index (Phi) is 7.50. The zero-order valence-corrected chi connectivity index (χ0v) is 21.9. The molecule has 2 aliphatic carbocycles. The number of furan rings is 2. The quantitative estimate of drug-likeness (QED) is 0.210. The van der Waals surface area contributed by atoms with Crippen LogP contribution in [-0.2, 0) is 4.74 Å². The Hall–Kier alpha value is -5.80. The molecule has 0 radical (unpaired) electrons. The number of carboxylic acid groups (broad SMARTS) is 1. The molecular formula is C28H14F4N2O10. The number of pyridine rings is 2. The molecule has 12 nitrogen and oxygen atoms in total. The van der Waals surface area contributed by atoms with Crippen LogP contribution in [0.25, 0.3) is 0 Å². The summed E-state index contributed by atoms with van der Waals surface area (Å²) >= 11 is 0. The number of carboxylic acids is 1. The maximum absolute atomic E-state index is 13.2. The van der Waals surface area contributed by atoms with Gasteiger partial charge in [0.1, 0.15) is 11.1 Å². The van der Waals surface area contributed by atoms with E-state index in [2.05, 4.69) is 14.4 Å². The standard InChI is InChI=1S/C15H9F2NO5.C13H5F2NO5/c1-2-22-15(21)9-8-10(19)7-5-18-4-3-6(7)11(20)12(8)23-13(9)14(16)17;14-12(15)11-7(13(19)20)6-8(17)5-3-16-2-1-4(5)9(18)10(6)21-11/h3-5,14H,2H2,1H3;1-3,12H,(H,19,20). The summed E-state index contributed by atoms with van der Waals surface area (Å²) in [5, 5.41) is 9.04. The molecule has 4 heterocycles. The smallest absolute Gasteiger partial charge is 0.342 e. The Morgan fingerprint density at radius 3 is 1.59 bits per heavy atom. The third kappa shape index (κ3) is 4.56. The number of halogens is 4. The van der Waals surface area contributed by atoms with Crippen molar-refractivity contribution >= 4 is 35.1 Å². The van der Waals surface area contributed by atoms with Gasteiger partial charge in [-0.3, -0.25) is 29.1 Å². The van der Waals surface area contributed by atoms with Crippen molar-refractivity contribution < 1.29 is 65.0 Å². The Labute approximate surface area is 241 Å². The largest absolute Gasteiger partial charge is 0.478 e. The van der Waals surface area contributed by atoms with Gasteiger partial charge in [-0.15, -0.1) is 0 Å². The minimum atomic E-state index is -3.26. The number of ether oxygens (including phenoxy) is 1. The minimum Gasteiger partial charge on any atom is -0.478 e. The van der Waals surface area contributed by atoms with Gasteiger partial charge in [0.25, 0.3) is 12.9 Å². The topological polar surface area (TPSA) is 184 Å². The van der Waals surface area contributed by atoms with Crippen LogP contribution in [0.4, 0.5) is 17.6 Å². The molecule has 0 saturated carbocycles. The maximum Gasteiger partial charge on any atom is 0.342 e. The number of aromatic nitrogens is 2. The monoisotopic (exact) mass is 614 g/mol. The van der Waals surface area contributed by atoms with E-state index in [-0.39, 0.29) is 28.9 Å². The molecule has 0 atom stereocenters. The summed E-state index contributed by atoms with van der Waals surface area (Å²) in [5.74, 6) is -9.62. The van der Waals surface area contributed by atoms with Crippen LogP contribution >= 0.6 is 0 Å². The number of fused-ring (bicyclic) bond motifs is 4. The van der Waals surface area contributed by atoms with Crippen molar-refractivity contribution in [3.05, 3.63) is 104 Å². The van der Waals surface area contributed by atoms with Gasteiger partial charge in [-0.05, 0) is 19.1 Å². The van der Waals surface area contributed by atoms with E-state index in [1.807, 2.05) is 0 Å². The average Bonchev–Trinajstić information content (AvgIpc) is 3.61. The van der Waals surface area contributed by atoms with E-state index < -0.39 is 93.2 Å². The van der Waals surface area contributed by atoms with Crippen LogP contribution in [0.3, 0.4) is 0 Å². The minimum absolute atomic E-state index is 0.0116. The number of ketones is 4. The van der Waals surface area contributed by atoms with Crippen LogP contribution in [0.5, 0.6) is 0 Å². The first-order chi connectivity index (χ1) is 20.9. The van der Waals surface area contributed by atoms with Gasteiger partial charge in [-0.2, -0.15) is 0 Å². The van der Waals surface area contributed by atoms with Gasteiger partial charge in [0, 0.05) is 35.9 Å². The Bertz CT molecular complexity index is 1920. The van der Waals surface area contributed by atoms with Gasteiger partial charge < -0.3 is 18.7 Å². The van der Waals surface area contributed by atoms with Crippen LogP contribution < -0.4 is 0 Å². The first-order valence-electron chi connectivity index (χ1n) is 12.3. The Morgan fingerprint density at radius 2 is 1.18 bits per heavy atom. The summed E-state index contributed by atoms with van der Waals surface area (Å²) in [6.07, 6.45) is -1.67. The summed E-state index contributed by atoms with van der Waals surface area (Å²) in [4.78, 5) is 79.8. The van der Waals surface area contributed by atoms with Crippen LogP contribution in [0.1, 0.15) is 116 Å². The molecule has 6 rings (SSSR count). The highest BCUT2D eigenvalue weighted by Gasteiger charge is 2.43. The molecule has 1 N–H and O–H groups in total. The summed E-state index contributed by atoms with van der Waals surface area (Å²) in [6, 6.07) is 2.52. The van der Waals surface area contributed by atoms with Crippen molar-refractivity contribution in [3.63, 3.8) is 0 Å². The number of hydrogen-bond donors (Lipinski definition) is 1. The molecule has 224 valence electrons. The fraction of sp³-hybridized carbons (Fsp3) is 0.143. The number of nitrogens with zero attached hydrogens (tertiary/aromatic N) is 2. The third-order valence-electron chi connectivity index (χ3n) is 6.45. The van der Waals surface area contributed by atoms with Crippen LogP contribution in [0.15, 0.2) is 45.8 Å². The average molecular weight is 614 g/mol. The predicted molar refractivity (Wildman–Crippen MR) is 132 cm³/mol. The van der Waals surface area contributed by atoms with E-state index >= 15 is 0 Å². The fourth-order valence-electron chi connectivity index (χ4n) is 4.64. The van der Waals surface area contributed by atoms with Crippen LogP contribution in [0, 0.1) is 0 Å². The van der Waals surface area contributed by atoms with E-state index in [1.54, 1.807) is 0 Å². The van der Waals surface area contributed by atoms with Crippen molar-refractivity contribution in [3.8, 4) is 0 Å². The van der Waals surface area contributed by atoms with Crippen molar-refractivity contribution in [1.29, 1.82) is 0 Å². The molecule has 2 aliphatic rings. The third-order valence-corrected chi connectivity index (χ3v) is 6.45. The summed E-state index contributed by atoms with van der Waals surface area (Å²) in [7, 11) is 0. The lowest BCUT2D eigenvalue weighted by molar-refractivity contribution is 0.0503. The zero-order chi connectivity index (χ0) is 32.0. The fourth-order valence-corrected chi connectivity index (χ4v) is 4.64. The molecule has 4 aromatic rings. The molecule has 0 saturated heterocycles. The molecule has 0 amide bonds. The van der Waals surface area contributed by atoms with Crippen molar-refractivity contribution in [1.82, 2.24) is 9.97 Å². The number of hydrogen-bond acceptors (Lipinski definition) is 11. The van der Waals surface area contributed by atoms with Gasteiger partial charge in [0.15, 0.2) is 34.6 Å². The molecule has 0 spiro atoms. The van der Waals surface area contributed by atoms with Crippen LogP contribution in [-0.4, -0.2) is 56.8 Å². The highest BCUT2D eigenvalue weighted by Crippen LogP contribution is 2.38. The lowest BCUT2D eigenvalue weighted by Crippen LogP contribution is -2.22.